The minimum atomic E-state index is -3.00. The van der Waals surface area contributed by atoms with Crippen molar-refractivity contribution < 1.29 is 28.6 Å². The van der Waals surface area contributed by atoms with Crippen LogP contribution in [0.5, 0.6) is 0 Å². The van der Waals surface area contributed by atoms with Gasteiger partial charge < -0.3 is 19.3 Å². The van der Waals surface area contributed by atoms with Gasteiger partial charge in [-0.15, -0.1) is 0 Å². The molecule has 0 saturated carbocycles. The SMILES string of the molecule is CC.CCO.CCOP(=O)(CPc1ccc(C(=O)O)cc1)OC. The molecule has 1 rings (SSSR count). The first-order chi connectivity index (χ1) is 10.9. The van der Waals surface area contributed by atoms with Crippen LogP contribution in [0, 0.1) is 0 Å². The highest BCUT2D eigenvalue weighted by Crippen LogP contribution is 2.51. The van der Waals surface area contributed by atoms with E-state index in [-0.39, 0.29) is 20.8 Å². The van der Waals surface area contributed by atoms with Crippen molar-refractivity contribution in [2.75, 3.05) is 26.2 Å². The molecule has 0 aliphatic heterocycles. The molecule has 6 nitrogen and oxygen atoms in total. The number of carbonyl (C=O) groups is 1. The topological polar surface area (TPSA) is 93.1 Å². The Hall–Kier alpha value is -0.770. The van der Waals surface area contributed by atoms with Crippen molar-refractivity contribution in [2.45, 2.75) is 27.7 Å². The lowest BCUT2D eigenvalue weighted by molar-refractivity contribution is 0.0697. The van der Waals surface area contributed by atoms with E-state index in [1.807, 2.05) is 13.8 Å². The number of hydrogen-bond donors (Lipinski definition) is 2. The summed E-state index contributed by atoms with van der Waals surface area (Å²) in [5, 5.41) is 17.3. The molecule has 134 valence electrons. The molecule has 0 heterocycles. The first-order valence-electron chi connectivity index (χ1n) is 7.39. The summed E-state index contributed by atoms with van der Waals surface area (Å²) in [6.45, 7) is 8.03. The van der Waals surface area contributed by atoms with Crippen molar-refractivity contribution >= 4 is 27.5 Å². The van der Waals surface area contributed by atoms with Crippen molar-refractivity contribution in [2.24, 2.45) is 0 Å². The normalized spacial score (nSPS) is 12.6. The Morgan fingerprint density at radius 1 is 1.22 bits per heavy atom. The number of rotatable bonds is 7. The average Bonchev–Trinajstić information content (AvgIpc) is 2.56. The van der Waals surface area contributed by atoms with Crippen LogP contribution in [-0.4, -0.2) is 42.4 Å². The van der Waals surface area contributed by atoms with Gasteiger partial charge in [0.15, 0.2) is 0 Å². The Morgan fingerprint density at radius 2 is 1.70 bits per heavy atom. The second kappa shape index (κ2) is 14.8. The fourth-order valence-corrected chi connectivity index (χ4v) is 4.57. The van der Waals surface area contributed by atoms with E-state index >= 15 is 0 Å². The Bertz CT molecular complexity index is 462. The fraction of sp³-hybridized carbons (Fsp3) is 0.533. The lowest BCUT2D eigenvalue weighted by Gasteiger charge is -2.15. The zero-order valence-electron chi connectivity index (χ0n) is 14.4. The highest BCUT2D eigenvalue weighted by atomic mass is 31.2. The number of carboxylic acid groups (broad SMARTS) is 1. The van der Waals surface area contributed by atoms with E-state index in [2.05, 4.69) is 0 Å². The molecule has 0 radical (unpaired) electrons. The standard InChI is InChI=1S/C11H16O5P2.C2H6O.C2H6/c1-3-16-18(14,15-2)8-17-10-6-4-9(5-7-10)11(12)13;1-2-3;1-2/h4-7,17H,3,8H2,1-2H3,(H,12,13);3H,2H2,1H3;1-2H3. The zero-order chi connectivity index (χ0) is 18.3. The monoisotopic (exact) mass is 366 g/mol. The van der Waals surface area contributed by atoms with Gasteiger partial charge in [0.25, 0.3) is 0 Å². The third-order valence-corrected chi connectivity index (χ3v) is 6.34. The van der Waals surface area contributed by atoms with E-state index in [0.717, 1.165) is 5.30 Å². The maximum atomic E-state index is 12.0. The number of aromatic carboxylic acids is 1. The highest BCUT2D eigenvalue weighted by Gasteiger charge is 2.21. The maximum Gasteiger partial charge on any atom is 0.335 e. The van der Waals surface area contributed by atoms with E-state index in [1.165, 1.54) is 19.2 Å². The molecule has 0 fully saturated rings. The summed E-state index contributed by atoms with van der Waals surface area (Å²) < 4.78 is 22.0. The Labute approximate surface area is 140 Å². The number of benzene rings is 1. The molecule has 0 amide bonds. The summed E-state index contributed by atoms with van der Waals surface area (Å²) >= 11 is 0. The van der Waals surface area contributed by atoms with Crippen LogP contribution in [-0.2, 0) is 13.6 Å². The predicted molar refractivity (Wildman–Crippen MR) is 96.6 cm³/mol. The summed E-state index contributed by atoms with van der Waals surface area (Å²) in [4.78, 5) is 10.7. The second-order valence-electron chi connectivity index (χ2n) is 3.74. The van der Waals surface area contributed by atoms with Gasteiger partial charge in [-0.25, -0.2) is 4.79 Å². The van der Waals surface area contributed by atoms with Crippen LogP contribution >= 0.6 is 16.2 Å². The smallest absolute Gasteiger partial charge is 0.335 e. The summed E-state index contributed by atoms with van der Waals surface area (Å²) in [6.07, 6.45) is 0. The van der Waals surface area contributed by atoms with Gasteiger partial charge in [0.1, 0.15) is 0 Å². The molecule has 0 saturated heterocycles. The van der Waals surface area contributed by atoms with Gasteiger partial charge in [0, 0.05) is 13.7 Å². The minimum absolute atomic E-state index is 0.239. The summed E-state index contributed by atoms with van der Waals surface area (Å²) in [5.74, 6) is -0.647. The van der Waals surface area contributed by atoms with Crippen LogP contribution in [0.4, 0.5) is 0 Å². The molecule has 1 aromatic carbocycles. The Balaban J connectivity index is 0. The number of aliphatic hydroxyl groups is 1. The molecule has 0 aliphatic carbocycles. The first kappa shape index (κ1) is 24.5. The molecule has 0 aliphatic rings. The molecular weight excluding hydrogens is 338 g/mol. The maximum absolute atomic E-state index is 12.0. The third-order valence-electron chi connectivity index (χ3n) is 2.21. The van der Waals surface area contributed by atoms with Gasteiger partial charge in [0.05, 0.1) is 18.1 Å². The van der Waals surface area contributed by atoms with Gasteiger partial charge in [-0.3, -0.25) is 4.57 Å². The fourth-order valence-electron chi connectivity index (χ4n) is 1.28. The largest absolute Gasteiger partial charge is 0.478 e. The lowest BCUT2D eigenvalue weighted by Crippen LogP contribution is -2.02. The van der Waals surface area contributed by atoms with E-state index in [1.54, 1.807) is 26.0 Å². The van der Waals surface area contributed by atoms with Crippen LogP contribution < -0.4 is 5.30 Å². The minimum Gasteiger partial charge on any atom is -0.478 e. The van der Waals surface area contributed by atoms with Crippen molar-refractivity contribution in [1.29, 1.82) is 0 Å². The second-order valence-corrected chi connectivity index (χ2v) is 7.79. The Kier molecular flexibility index (Phi) is 15.8. The molecule has 2 atom stereocenters. The van der Waals surface area contributed by atoms with Crippen molar-refractivity contribution in [1.82, 2.24) is 0 Å². The molecule has 1 aromatic rings. The average molecular weight is 366 g/mol. The zero-order valence-corrected chi connectivity index (χ0v) is 16.3. The molecule has 0 bridgehead atoms. The molecule has 2 unspecified atom stereocenters. The van der Waals surface area contributed by atoms with Crippen LogP contribution in [0.1, 0.15) is 38.1 Å². The summed E-state index contributed by atoms with van der Waals surface area (Å²) in [7, 11) is -1.37. The molecule has 0 spiro atoms. The summed E-state index contributed by atoms with van der Waals surface area (Å²) in [5.41, 5.74) is 0.239. The van der Waals surface area contributed by atoms with Gasteiger partial charge in [-0.1, -0.05) is 34.6 Å². The van der Waals surface area contributed by atoms with Crippen molar-refractivity contribution in [3.05, 3.63) is 29.8 Å². The predicted octanol–water partition coefficient (Wildman–Crippen LogP) is 3.55. The first-order valence-corrected chi connectivity index (χ1v) is 10.3. The van der Waals surface area contributed by atoms with Crippen LogP contribution in [0.3, 0.4) is 0 Å². The van der Waals surface area contributed by atoms with E-state index in [0.29, 0.717) is 12.5 Å². The van der Waals surface area contributed by atoms with Crippen LogP contribution in [0.25, 0.3) is 0 Å². The lowest BCUT2D eigenvalue weighted by atomic mass is 10.2. The van der Waals surface area contributed by atoms with Crippen LogP contribution in [0.15, 0.2) is 24.3 Å². The number of aliphatic hydroxyl groups excluding tert-OH is 1. The van der Waals surface area contributed by atoms with E-state index < -0.39 is 13.6 Å². The van der Waals surface area contributed by atoms with Gasteiger partial charge in [-0.2, -0.15) is 0 Å². The Morgan fingerprint density at radius 3 is 2.04 bits per heavy atom. The van der Waals surface area contributed by atoms with Gasteiger partial charge >= 0.3 is 13.6 Å². The van der Waals surface area contributed by atoms with E-state index in [4.69, 9.17) is 19.3 Å². The molecular formula is C15H28O6P2. The van der Waals surface area contributed by atoms with Gasteiger partial charge in [-0.05, 0) is 31.3 Å². The quantitative estimate of drug-likeness (QED) is 0.717. The molecule has 2 N–H and O–H groups in total. The van der Waals surface area contributed by atoms with Gasteiger partial charge in [0.2, 0.25) is 0 Å². The van der Waals surface area contributed by atoms with Crippen molar-refractivity contribution in [3.8, 4) is 0 Å². The third kappa shape index (κ3) is 11.4. The van der Waals surface area contributed by atoms with Crippen molar-refractivity contribution in [3.63, 3.8) is 0 Å². The molecule has 0 aromatic heterocycles. The highest BCUT2D eigenvalue weighted by molar-refractivity contribution is 7.68. The summed E-state index contributed by atoms with van der Waals surface area (Å²) in [6, 6.07) is 6.49. The number of hydrogen-bond acceptors (Lipinski definition) is 5. The molecule has 23 heavy (non-hydrogen) atoms. The number of carboxylic acids is 1. The van der Waals surface area contributed by atoms with E-state index in [9.17, 15) is 9.36 Å². The molecule has 8 heteroatoms. The van der Waals surface area contributed by atoms with Crippen LogP contribution in [0.2, 0.25) is 0 Å².